The quantitative estimate of drug-likeness (QED) is 0.598. The minimum Gasteiger partial charge on any atom is -0.461 e. The van der Waals surface area contributed by atoms with Crippen molar-refractivity contribution < 1.29 is 20.4 Å². The zero-order chi connectivity index (χ0) is 7.94. The number of hydrogen-bond donors (Lipinski definition) is 1. The molecule has 2 aromatic heterocycles. The average Bonchev–Trinajstić information content (AvgIpc) is 2.57. The molecule has 2 rings (SSSR count). The van der Waals surface area contributed by atoms with E-state index in [1.807, 2.05) is 0 Å². The van der Waals surface area contributed by atoms with Gasteiger partial charge in [-0.25, -0.2) is 0 Å². The Morgan fingerprint density at radius 2 is 2.55 bits per heavy atom. The number of nitrogens with one attached hydrogen (secondary N) is 1. The Morgan fingerprint density at radius 1 is 1.64 bits per heavy atom. The zero-order valence-corrected chi connectivity index (χ0v) is 6.57. The predicted molar refractivity (Wildman–Crippen MR) is 33.6 cm³/mol. The number of nitrogens with zero attached hydrogens (tertiary/aromatic N) is 2. The van der Waals surface area contributed by atoms with Gasteiger partial charge in [-0.1, -0.05) is 0 Å². The summed E-state index contributed by atoms with van der Waals surface area (Å²) in [4.78, 5) is 3.64. The Labute approximate surface area is 71.8 Å². The van der Waals surface area contributed by atoms with E-state index >= 15 is 0 Å². The van der Waals surface area contributed by atoms with Crippen LogP contribution in [-0.2, 0) is 16.0 Å². The maximum atomic E-state index is 4.46. The Bertz CT molecular complexity index is 236. The van der Waals surface area contributed by atoms with Gasteiger partial charge in [0.05, 0.1) is 6.26 Å². The van der Waals surface area contributed by atoms with Crippen molar-refractivity contribution in [3.05, 3.63) is 31.0 Å². The molecular formula is C6H5FeN3O. The predicted octanol–water partition coefficient (Wildman–Crippen LogP) is 0.0566. The molecule has 0 saturated heterocycles. The molecule has 11 heavy (non-hydrogen) atoms. The standard InChI is InChI=1S/C4H3O.C2H2N3.Fe/c1-2-4-5-3-1;1-3-2-5-4-1;/h1-3H;1H,(H,3,4,5);. The average molecular weight is 191 g/mol. The zero-order valence-electron chi connectivity index (χ0n) is 5.47. The van der Waals surface area contributed by atoms with E-state index in [2.05, 4.69) is 41.9 Å². The van der Waals surface area contributed by atoms with Gasteiger partial charge >= 0.3 is 42.2 Å². The molecule has 0 unspecified atom stereocenters. The van der Waals surface area contributed by atoms with E-state index in [4.69, 9.17) is 0 Å². The molecule has 0 bridgehead atoms. The van der Waals surface area contributed by atoms with Gasteiger partial charge in [0.1, 0.15) is 0 Å². The first-order valence-corrected chi connectivity index (χ1v) is 3.34. The van der Waals surface area contributed by atoms with Crippen LogP contribution < -0.4 is 4.72 Å². The van der Waals surface area contributed by atoms with Gasteiger partial charge in [-0.15, -0.1) is 0 Å². The molecule has 0 saturated carbocycles. The molecule has 0 spiro atoms. The SMILES string of the molecule is [Fe][c]1nc[nH]n1.[c]1ccco1. The van der Waals surface area contributed by atoms with Gasteiger partial charge in [0, 0.05) is 0 Å². The third kappa shape index (κ3) is 3.60. The third-order valence-corrected chi connectivity index (χ3v) is 1.02. The van der Waals surface area contributed by atoms with Crippen LogP contribution in [-0.4, -0.2) is 15.2 Å². The first-order chi connectivity index (χ1) is 5.39. The summed E-state index contributed by atoms with van der Waals surface area (Å²) < 4.78 is 5.00. The van der Waals surface area contributed by atoms with Crippen LogP contribution in [0, 0.1) is 6.26 Å². The topological polar surface area (TPSA) is 54.7 Å². The summed E-state index contributed by atoms with van der Waals surface area (Å²) in [6.07, 6.45) is 5.54. The molecule has 4 nitrogen and oxygen atoms in total. The van der Waals surface area contributed by atoms with Crippen LogP contribution in [0.2, 0.25) is 0 Å². The monoisotopic (exact) mass is 191 g/mol. The van der Waals surface area contributed by atoms with Crippen LogP contribution >= 0.6 is 0 Å². The van der Waals surface area contributed by atoms with Crippen molar-refractivity contribution in [2.75, 3.05) is 0 Å². The molecule has 0 amide bonds. The molecule has 0 fully saturated rings. The van der Waals surface area contributed by atoms with E-state index in [0.29, 0.717) is 4.72 Å². The van der Waals surface area contributed by atoms with Crippen LogP contribution in [0.25, 0.3) is 0 Å². The molecule has 1 radical (unpaired) electrons. The molecule has 2 heterocycles. The van der Waals surface area contributed by atoms with Crippen molar-refractivity contribution in [2.24, 2.45) is 0 Å². The minimum absolute atomic E-state index is 0.537. The summed E-state index contributed by atoms with van der Waals surface area (Å²) in [6.45, 7) is 0. The third-order valence-electron chi connectivity index (χ3n) is 0.759. The second-order valence-electron chi connectivity index (χ2n) is 1.49. The summed E-state index contributed by atoms with van der Waals surface area (Å²) in [6, 6.07) is 3.49. The van der Waals surface area contributed by atoms with Crippen molar-refractivity contribution in [1.82, 2.24) is 15.2 Å². The number of hydrogen-bond acceptors (Lipinski definition) is 3. The minimum atomic E-state index is 0.537. The number of aromatic amines is 1. The molecule has 0 aliphatic rings. The summed E-state index contributed by atoms with van der Waals surface area (Å²) in [5, 5.41) is 6.08. The Kier molecular flexibility index (Phi) is 3.44. The molecule has 0 aliphatic heterocycles. The second-order valence-corrected chi connectivity index (χ2v) is 1.98. The van der Waals surface area contributed by atoms with Crippen molar-refractivity contribution in [1.29, 1.82) is 0 Å². The first kappa shape index (κ1) is 8.04. The van der Waals surface area contributed by atoms with Crippen molar-refractivity contribution >= 4 is 4.72 Å². The molecule has 2 aromatic rings. The molecule has 5 heteroatoms. The molecule has 0 atom stereocenters. The summed E-state index contributed by atoms with van der Waals surface area (Å²) in [5.74, 6) is 0. The maximum absolute atomic E-state index is 4.46. The number of aromatic nitrogens is 3. The second kappa shape index (κ2) is 4.71. The number of rotatable bonds is 0. The van der Waals surface area contributed by atoms with Gasteiger partial charge in [0.15, 0.2) is 6.26 Å². The van der Waals surface area contributed by atoms with E-state index < -0.39 is 0 Å². The van der Waals surface area contributed by atoms with E-state index in [9.17, 15) is 0 Å². The van der Waals surface area contributed by atoms with Gasteiger partial charge in [-0.05, 0) is 12.1 Å². The van der Waals surface area contributed by atoms with Crippen molar-refractivity contribution in [3.8, 4) is 0 Å². The number of H-pyrrole nitrogens is 1. The molecule has 58 valence electrons. The fourth-order valence-electron chi connectivity index (χ4n) is 0.386. The van der Waals surface area contributed by atoms with Crippen LogP contribution in [0.4, 0.5) is 0 Å². The van der Waals surface area contributed by atoms with Gasteiger partial charge < -0.3 is 4.42 Å². The van der Waals surface area contributed by atoms with Crippen LogP contribution in [0.15, 0.2) is 29.1 Å². The number of furan rings is 1. The van der Waals surface area contributed by atoms with Crippen molar-refractivity contribution in [2.45, 2.75) is 0 Å². The molecule has 0 aliphatic carbocycles. The molecule has 0 aromatic carbocycles. The van der Waals surface area contributed by atoms with Gasteiger partial charge in [0.2, 0.25) is 0 Å². The van der Waals surface area contributed by atoms with E-state index in [0.717, 1.165) is 0 Å². The van der Waals surface area contributed by atoms with Gasteiger partial charge in [-0.2, -0.15) is 0 Å². The van der Waals surface area contributed by atoms with E-state index in [-0.39, 0.29) is 0 Å². The summed E-state index contributed by atoms with van der Waals surface area (Å²) >= 11 is 3.43. The van der Waals surface area contributed by atoms with Gasteiger partial charge in [0.25, 0.3) is 0 Å². The van der Waals surface area contributed by atoms with Crippen LogP contribution in [0.3, 0.4) is 0 Å². The fourth-order valence-corrected chi connectivity index (χ4v) is 0.529. The Hall–Kier alpha value is -1.06. The first-order valence-electron chi connectivity index (χ1n) is 2.79. The normalized spacial score (nSPS) is 8.45. The Morgan fingerprint density at radius 3 is 2.73 bits per heavy atom. The maximum Gasteiger partial charge on any atom is 0.169 e. The fraction of sp³-hybridized carbons (Fsp3) is 0. The van der Waals surface area contributed by atoms with Gasteiger partial charge in [-0.3, -0.25) is 0 Å². The largest absolute Gasteiger partial charge is 0.461 e. The van der Waals surface area contributed by atoms with Crippen molar-refractivity contribution in [3.63, 3.8) is 0 Å². The molecular weight excluding hydrogens is 186 g/mol. The smallest absolute Gasteiger partial charge is 0.169 e. The summed E-state index contributed by atoms with van der Waals surface area (Å²) in [5.41, 5.74) is 0. The molecule has 1 N–H and O–H groups in total. The van der Waals surface area contributed by atoms with E-state index in [1.165, 1.54) is 6.33 Å². The summed E-state index contributed by atoms with van der Waals surface area (Å²) in [7, 11) is 0. The van der Waals surface area contributed by atoms with Crippen LogP contribution in [0.1, 0.15) is 0 Å². The van der Waals surface area contributed by atoms with E-state index in [1.54, 1.807) is 18.4 Å². The Balaban J connectivity index is 0.000000112. The van der Waals surface area contributed by atoms with Crippen LogP contribution in [0.5, 0.6) is 0 Å².